The van der Waals surface area contributed by atoms with Crippen molar-refractivity contribution in [2.45, 2.75) is 207 Å². The van der Waals surface area contributed by atoms with Crippen LogP contribution in [-0.4, -0.2) is 64.7 Å². The van der Waals surface area contributed by atoms with Crippen molar-refractivity contribution in [3.8, 4) is 17.2 Å². The number of carbonyl (C=O) groups is 3. The van der Waals surface area contributed by atoms with E-state index in [-0.39, 0.29) is 79.2 Å². The molecule has 0 aliphatic carbocycles. The molecule has 70 heavy (non-hydrogen) atoms. The molecule has 3 N–H and O–H groups in total. The second kappa shape index (κ2) is 29.0. The molecule has 0 radical (unpaired) electrons. The molecule has 0 spiro atoms. The van der Waals surface area contributed by atoms with Crippen molar-refractivity contribution < 1.29 is 48.7 Å². The number of ether oxygens (including phenoxy) is 4. The van der Waals surface area contributed by atoms with Crippen LogP contribution in [0.15, 0.2) is 54.6 Å². The number of aromatic hydroxyl groups is 3. The number of esters is 3. The number of aryl methyl sites for hydroxylation is 3. The van der Waals surface area contributed by atoms with Gasteiger partial charge in [0, 0.05) is 25.7 Å². The Kier molecular flexibility index (Phi) is 24.7. The summed E-state index contributed by atoms with van der Waals surface area (Å²) in [5, 5.41) is 31.9. The standard InChI is InChI=1S/C59H88O10S/c1-11-12-13-14-15-16-17-18-19-20-21-22-23-55(70)69-42-59(39-66-52(63)33-27-43-24-30-49(60)46(36-43)56(2,3)4,40-67-53(64)34-28-44-25-31-50(61)47(37-44)57(5,6)7)41-68-54(65)35-29-45-26-32-51(62)48(38-45)58(8,9)10/h24-26,30-32,36-38,60-62H,11-23,27-29,33-35,39-42H2,1-10H3. The lowest BCUT2D eigenvalue weighted by Gasteiger charge is -2.32. The molecule has 0 fully saturated rings. The second-order valence-corrected chi connectivity index (χ2v) is 23.0. The van der Waals surface area contributed by atoms with Crippen molar-refractivity contribution in [1.29, 1.82) is 0 Å². The Bertz CT molecular complexity index is 1900. The molecule has 3 aromatic rings. The highest BCUT2D eigenvalue weighted by atomic mass is 32.1. The van der Waals surface area contributed by atoms with Crippen LogP contribution in [0.5, 0.6) is 17.2 Å². The number of unbranched alkanes of at least 4 members (excludes halogenated alkanes) is 11. The molecule has 0 bridgehead atoms. The lowest BCUT2D eigenvalue weighted by atomic mass is 9.85. The van der Waals surface area contributed by atoms with Crippen LogP contribution in [0, 0.1) is 5.41 Å². The van der Waals surface area contributed by atoms with Crippen LogP contribution in [0.1, 0.15) is 205 Å². The van der Waals surface area contributed by atoms with E-state index in [1.54, 1.807) is 36.4 Å². The van der Waals surface area contributed by atoms with Gasteiger partial charge in [0.05, 0.1) is 0 Å². The molecule has 3 rings (SSSR count). The molecule has 3 aromatic carbocycles. The van der Waals surface area contributed by atoms with Crippen molar-refractivity contribution in [2.24, 2.45) is 5.41 Å². The van der Waals surface area contributed by atoms with Crippen molar-refractivity contribution in [3.05, 3.63) is 88.0 Å². The first-order valence-electron chi connectivity index (χ1n) is 26.0. The van der Waals surface area contributed by atoms with Gasteiger partial charge in [0.15, 0.2) is 5.05 Å². The van der Waals surface area contributed by atoms with Gasteiger partial charge in [0.25, 0.3) is 0 Å². The molecule has 0 aliphatic heterocycles. The molecule has 10 nitrogen and oxygen atoms in total. The number of phenolic OH excluding ortho intramolecular Hbond substituents is 3. The Hall–Kier alpha value is -4.64. The summed E-state index contributed by atoms with van der Waals surface area (Å²) in [6.07, 6.45) is 16.3. The van der Waals surface area contributed by atoms with Gasteiger partial charge < -0.3 is 34.3 Å². The fourth-order valence-electron chi connectivity index (χ4n) is 8.34. The molecule has 0 aliphatic rings. The first-order chi connectivity index (χ1) is 32.9. The zero-order valence-electron chi connectivity index (χ0n) is 44.6. The maximum atomic E-state index is 13.5. The minimum Gasteiger partial charge on any atom is -0.508 e. The van der Waals surface area contributed by atoms with E-state index in [1.165, 1.54) is 57.8 Å². The highest BCUT2D eigenvalue weighted by Crippen LogP contribution is 2.34. The molecule has 0 aromatic heterocycles. The highest BCUT2D eigenvalue weighted by Gasteiger charge is 2.38. The van der Waals surface area contributed by atoms with E-state index in [9.17, 15) is 29.7 Å². The predicted octanol–water partition coefficient (Wildman–Crippen LogP) is 13.9. The molecular weight excluding hydrogens is 901 g/mol. The van der Waals surface area contributed by atoms with E-state index in [0.717, 1.165) is 52.6 Å². The SMILES string of the molecule is CCCCCCCCCCCCCCC(=S)OCC(COC(=O)CCc1ccc(O)c(C(C)(C)C)c1)(COC(=O)CCc1ccc(O)c(C(C)(C)C)c1)COC(=O)CCc1ccc(O)c(C(C)(C)C)c1. The van der Waals surface area contributed by atoms with E-state index < -0.39 is 23.3 Å². The van der Waals surface area contributed by atoms with E-state index in [2.05, 4.69) is 6.92 Å². The van der Waals surface area contributed by atoms with Gasteiger partial charge in [0.2, 0.25) is 0 Å². The molecule has 0 unspecified atom stereocenters. The van der Waals surface area contributed by atoms with E-state index in [4.69, 9.17) is 31.2 Å². The Balaban J connectivity index is 1.79. The molecular formula is C59H88O10S. The fourth-order valence-corrected chi connectivity index (χ4v) is 8.54. The van der Waals surface area contributed by atoms with Crippen LogP contribution in [0.25, 0.3) is 0 Å². The van der Waals surface area contributed by atoms with Crippen LogP contribution in [-0.2, 0) is 68.8 Å². The third-order valence-electron chi connectivity index (χ3n) is 12.9. The van der Waals surface area contributed by atoms with Crippen molar-refractivity contribution in [3.63, 3.8) is 0 Å². The van der Waals surface area contributed by atoms with E-state index >= 15 is 0 Å². The highest BCUT2D eigenvalue weighted by molar-refractivity contribution is 7.80. The van der Waals surface area contributed by atoms with Gasteiger partial charge in [-0.1, -0.05) is 176 Å². The van der Waals surface area contributed by atoms with Gasteiger partial charge in [-0.15, -0.1) is 0 Å². The topological polar surface area (TPSA) is 149 Å². The van der Waals surface area contributed by atoms with Gasteiger partial charge in [-0.05, 0) is 106 Å². The van der Waals surface area contributed by atoms with E-state index in [0.29, 0.717) is 30.7 Å². The number of hydrogen-bond acceptors (Lipinski definition) is 11. The predicted molar refractivity (Wildman–Crippen MR) is 285 cm³/mol. The quantitative estimate of drug-likeness (QED) is 0.0254. The summed E-state index contributed by atoms with van der Waals surface area (Å²) < 4.78 is 24.1. The molecule has 11 heteroatoms. The minimum absolute atomic E-state index is 0.0363. The van der Waals surface area contributed by atoms with Crippen molar-refractivity contribution >= 4 is 35.2 Å². The lowest BCUT2D eigenvalue weighted by molar-refractivity contribution is -0.164. The number of thiocarbonyl (C=S) groups is 1. The van der Waals surface area contributed by atoms with Crippen LogP contribution in [0.4, 0.5) is 0 Å². The molecule has 390 valence electrons. The first-order valence-corrected chi connectivity index (χ1v) is 26.4. The van der Waals surface area contributed by atoms with Crippen molar-refractivity contribution in [2.75, 3.05) is 26.4 Å². The molecule has 0 amide bonds. The van der Waals surface area contributed by atoms with Crippen molar-refractivity contribution in [1.82, 2.24) is 0 Å². The van der Waals surface area contributed by atoms with Gasteiger partial charge >= 0.3 is 17.9 Å². The molecule has 0 saturated heterocycles. The normalized spacial score (nSPS) is 12.1. The summed E-state index contributed by atoms with van der Waals surface area (Å²) in [7, 11) is 0. The van der Waals surface area contributed by atoms with Crippen LogP contribution in [0.2, 0.25) is 0 Å². The smallest absolute Gasteiger partial charge is 0.306 e. The lowest BCUT2D eigenvalue weighted by Crippen LogP contribution is -2.44. The summed E-state index contributed by atoms with van der Waals surface area (Å²) in [5.41, 5.74) is 2.71. The largest absolute Gasteiger partial charge is 0.508 e. The minimum atomic E-state index is -1.31. The molecule has 0 atom stereocenters. The maximum Gasteiger partial charge on any atom is 0.306 e. The van der Waals surface area contributed by atoms with Crippen LogP contribution >= 0.6 is 12.2 Å². The Morgan fingerprint density at radius 1 is 0.429 bits per heavy atom. The number of carbonyl (C=O) groups excluding carboxylic acids is 3. The Morgan fingerprint density at radius 2 is 0.714 bits per heavy atom. The van der Waals surface area contributed by atoms with Gasteiger partial charge in [0.1, 0.15) is 49.1 Å². The molecule has 0 heterocycles. The van der Waals surface area contributed by atoms with Crippen LogP contribution < -0.4 is 0 Å². The second-order valence-electron chi connectivity index (χ2n) is 22.6. The van der Waals surface area contributed by atoms with Gasteiger partial charge in [-0.2, -0.15) is 0 Å². The van der Waals surface area contributed by atoms with Gasteiger partial charge in [-0.25, -0.2) is 0 Å². The van der Waals surface area contributed by atoms with Gasteiger partial charge in [-0.3, -0.25) is 14.4 Å². The maximum absolute atomic E-state index is 13.5. The Labute approximate surface area is 426 Å². The average Bonchev–Trinajstić information content (AvgIpc) is 3.29. The summed E-state index contributed by atoms with van der Waals surface area (Å²) in [6.45, 7) is 19.4. The number of phenols is 3. The number of benzene rings is 3. The summed E-state index contributed by atoms with van der Waals surface area (Å²) in [6, 6.07) is 16.0. The third kappa shape index (κ3) is 22.2. The average molecular weight is 989 g/mol. The Morgan fingerprint density at radius 3 is 1.01 bits per heavy atom. The molecule has 0 saturated carbocycles. The monoisotopic (exact) mass is 989 g/mol. The van der Waals surface area contributed by atoms with Crippen LogP contribution in [0.3, 0.4) is 0 Å². The fraction of sp³-hybridized carbons (Fsp3) is 0.627. The number of hydrogen-bond donors (Lipinski definition) is 3. The zero-order valence-corrected chi connectivity index (χ0v) is 45.4. The zero-order chi connectivity index (χ0) is 52.0. The summed E-state index contributed by atoms with van der Waals surface area (Å²) >= 11 is 5.73. The third-order valence-corrected chi connectivity index (χ3v) is 13.2. The summed E-state index contributed by atoms with van der Waals surface area (Å²) in [4.78, 5) is 40.6. The van der Waals surface area contributed by atoms with E-state index in [1.807, 2.05) is 80.5 Å². The first kappa shape index (κ1) is 59.7. The summed E-state index contributed by atoms with van der Waals surface area (Å²) in [5.74, 6) is -0.930. The number of rotatable bonds is 30.